The Hall–Kier alpha value is -1.40. The number of rotatable bonds is 2. The zero-order chi connectivity index (χ0) is 11.8. The Morgan fingerprint density at radius 2 is 1.75 bits per heavy atom. The summed E-state index contributed by atoms with van der Waals surface area (Å²) in [6.07, 6.45) is 4.85. The number of nitrogens with zero attached hydrogens (tertiary/aromatic N) is 1. The second-order valence-corrected chi connectivity index (χ2v) is 4.84. The summed E-state index contributed by atoms with van der Waals surface area (Å²) < 4.78 is 0. The molecule has 0 heterocycles. The van der Waals surface area contributed by atoms with Crippen molar-refractivity contribution in [3.05, 3.63) is 34.4 Å². The summed E-state index contributed by atoms with van der Waals surface area (Å²) >= 11 is 0. The van der Waals surface area contributed by atoms with Crippen LogP contribution >= 0.6 is 0 Å². The van der Waals surface area contributed by atoms with Crippen LogP contribution in [0.2, 0.25) is 0 Å². The van der Waals surface area contributed by atoms with Crippen LogP contribution in [0.25, 0.3) is 0 Å². The second kappa shape index (κ2) is 3.88. The van der Waals surface area contributed by atoms with E-state index < -0.39 is 0 Å². The molecule has 2 heteroatoms. The molecule has 0 amide bonds. The quantitative estimate of drug-likeness (QED) is 0.549. The van der Waals surface area contributed by atoms with Crippen molar-refractivity contribution >= 4 is 6.08 Å². The molecule has 16 heavy (non-hydrogen) atoms. The first kappa shape index (κ1) is 11.1. The Morgan fingerprint density at radius 3 is 2.25 bits per heavy atom. The molecule has 1 saturated carbocycles. The van der Waals surface area contributed by atoms with Crippen LogP contribution in [0.5, 0.6) is 0 Å². The van der Waals surface area contributed by atoms with Crippen LogP contribution in [0.4, 0.5) is 0 Å². The van der Waals surface area contributed by atoms with Gasteiger partial charge in [-0.1, -0.05) is 12.1 Å². The molecular weight excluding hydrogens is 198 g/mol. The third-order valence-corrected chi connectivity index (χ3v) is 3.78. The number of hydrogen-bond donors (Lipinski definition) is 0. The predicted molar refractivity (Wildman–Crippen MR) is 64.3 cm³/mol. The van der Waals surface area contributed by atoms with Crippen molar-refractivity contribution in [2.24, 2.45) is 4.99 Å². The van der Waals surface area contributed by atoms with Crippen molar-refractivity contribution in [3.8, 4) is 0 Å². The molecule has 0 spiro atoms. The summed E-state index contributed by atoms with van der Waals surface area (Å²) in [6.45, 7) is 6.32. The number of benzene rings is 1. The molecule has 1 fully saturated rings. The van der Waals surface area contributed by atoms with E-state index in [0.29, 0.717) is 0 Å². The monoisotopic (exact) mass is 215 g/mol. The summed E-state index contributed by atoms with van der Waals surface area (Å²) in [5, 5.41) is 0. The van der Waals surface area contributed by atoms with E-state index in [1.165, 1.54) is 22.3 Å². The number of carbonyl (C=O) groups excluding carboxylic acids is 1. The van der Waals surface area contributed by atoms with Gasteiger partial charge < -0.3 is 0 Å². The van der Waals surface area contributed by atoms with Crippen molar-refractivity contribution < 1.29 is 4.79 Å². The van der Waals surface area contributed by atoms with Crippen molar-refractivity contribution in [1.82, 2.24) is 0 Å². The summed E-state index contributed by atoms with van der Waals surface area (Å²) in [6, 6.07) is 4.37. The summed E-state index contributed by atoms with van der Waals surface area (Å²) in [5.41, 5.74) is 4.76. The highest BCUT2D eigenvalue weighted by Crippen LogP contribution is 2.46. The Kier molecular flexibility index (Phi) is 2.69. The Labute approximate surface area is 96.4 Å². The molecule has 1 aromatic rings. The maximum Gasteiger partial charge on any atom is 0.235 e. The van der Waals surface area contributed by atoms with Gasteiger partial charge in [-0.25, -0.2) is 4.79 Å². The van der Waals surface area contributed by atoms with Gasteiger partial charge in [0.25, 0.3) is 0 Å². The minimum absolute atomic E-state index is 0.260. The second-order valence-electron chi connectivity index (χ2n) is 4.84. The highest BCUT2D eigenvalue weighted by atomic mass is 16.1. The van der Waals surface area contributed by atoms with Gasteiger partial charge in [0.15, 0.2) is 0 Å². The molecule has 0 aromatic heterocycles. The van der Waals surface area contributed by atoms with Gasteiger partial charge >= 0.3 is 0 Å². The Morgan fingerprint density at radius 1 is 1.12 bits per heavy atom. The largest absolute Gasteiger partial charge is 0.235 e. The minimum atomic E-state index is -0.260. The summed E-state index contributed by atoms with van der Waals surface area (Å²) in [5.74, 6) is 0. The van der Waals surface area contributed by atoms with E-state index in [1.807, 2.05) is 0 Å². The van der Waals surface area contributed by atoms with Crippen molar-refractivity contribution in [3.63, 3.8) is 0 Å². The normalized spacial score (nSPS) is 17.4. The molecular formula is C14H17NO. The topological polar surface area (TPSA) is 29.4 Å². The lowest BCUT2D eigenvalue weighted by molar-refractivity contribution is 0.254. The molecule has 0 bridgehead atoms. The van der Waals surface area contributed by atoms with Gasteiger partial charge in [0.05, 0.1) is 5.54 Å². The highest BCUT2D eigenvalue weighted by molar-refractivity contribution is 5.45. The molecule has 2 rings (SSSR count). The van der Waals surface area contributed by atoms with Gasteiger partial charge in [0, 0.05) is 0 Å². The van der Waals surface area contributed by atoms with Gasteiger partial charge in [-0.3, -0.25) is 0 Å². The number of aliphatic imine (C=N–C) groups is 1. The smallest absolute Gasteiger partial charge is 0.211 e. The van der Waals surface area contributed by atoms with Crippen LogP contribution in [0.15, 0.2) is 17.1 Å². The van der Waals surface area contributed by atoms with Crippen LogP contribution in [-0.2, 0) is 10.3 Å². The van der Waals surface area contributed by atoms with E-state index in [2.05, 4.69) is 37.9 Å². The average molecular weight is 215 g/mol. The van der Waals surface area contributed by atoms with Gasteiger partial charge in [0.1, 0.15) is 0 Å². The van der Waals surface area contributed by atoms with Gasteiger partial charge in [0.2, 0.25) is 6.08 Å². The van der Waals surface area contributed by atoms with Crippen LogP contribution in [0.1, 0.15) is 41.5 Å². The van der Waals surface area contributed by atoms with Crippen LogP contribution in [0, 0.1) is 20.8 Å². The summed E-state index contributed by atoms with van der Waals surface area (Å²) in [4.78, 5) is 14.6. The maximum absolute atomic E-state index is 10.6. The molecule has 1 aliphatic carbocycles. The molecule has 1 aliphatic rings. The fourth-order valence-corrected chi connectivity index (χ4v) is 2.50. The van der Waals surface area contributed by atoms with Crippen LogP contribution in [-0.4, -0.2) is 6.08 Å². The van der Waals surface area contributed by atoms with Gasteiger partial charge in [-0.05, 0) is 62.3 Å². The first-order chi connectivity index (χ1) is 7.59. The summed E-state index contributed by atoms with van der Waals surface area (Å²) in [7, 11) is 0. The molecule has 0 saturated heterocycles. The lowest BCUT2D eigenvalue weighted by Gasteiger charge is -2.38. The zero-order valence-corrected chi connectivity index (χ0v) is 10.1. The lowest BCUT2D eigenvalue weighted by Crippen LogP contribution is -2.32. The molecule has 1 aromatic carbocycles. The molecule has 0 radical (unpaired) electrons. The fourth-order valence-electron chi connectivity index (χ4n) is 2.50. The molecule has 0 aliphatic heterocycles. The van der Waals surface area contributed by atoms with Crippen molar-refractivity contribution in [1.29, 1.82) is 0 Å². The van der Waals surface area contributed by atoms with Crippen molar-refractivity contribution in [2.45, 2.75) is 45.6 Å². The fraction of sp³-hybridized carbons (Fsp3) is 0.500. The lowest BCUT2D eigenvalue weighted by atomic mass is 9.70. The van der Waals surface area contributed by atoms with Crippen LogP contribution < -0.4 is 0 Å². The van der Waals surface area contributed by atoms with E-state index >= 15 is 0 Å². The average Bonchev–Trinajstić information content (AvgIpc) is 2.18. The van der Waals surface area contributed by atoms with Crippen molar-refractivity contribution in [2.75, 3.05) is 0 Å². The predicted octanol–water partition coefficient (Wildman–Crippen LogP) is 3.33. The van der Waals surface area contributed by atoms with Crippen LogP contribution in [0.3, 0.4) is 0 Å². The Bertz CT molecular complexity index is 466. The third-order valence-electron chi connectivity index (χ3n) is 3.78. The first-order valence-electron chi connectivity index (χ1n) is 5.76. The molecule has 2 nitrogen and oxygen atoms in total. The van der Waals surface area contributed by atoms with E-state index in [-0.39, 0.29) is 5.54 Å². The minimum Gasteiger partial charge on any atom is -0.211 e. The van der Waals surface area contributed by atoms with Gasteiger partial charge in [-0.2, -0.15) is 4.99 Å². The van der Waals surface area contributed by atoms with E-state index in [9.17, 15) is 4.79 Å². The molecule has 0 unspecified atom stereocenters. The van der Waals surface area contributed by atoms with E-state index in [0.717, 1.165) is 19.3 Å². The first-order valence-corrected chi connectivity index (χ1v) is 5.76. The highest BCUT2D eigenvalue weighted by Gasteiger charge is 2.39. The SMILES string of the molecule is Cc1cc(C)c(C2(N=C=O)CCC2)cc1C. The molecule has 0 N–H and O–H groups in total. The molecule has 0 atom stereocenters. The molecule has 84 valence electrons. The number of isocyanates is 1. The Balaban J connectivity index is 2.54. The number of aryl methyl sites for hydroxylation is 3. The van der Waals surface area contributed by atoms with E-state index in [1.54, 1.807) is 6.08 Å². The number of hydrogen-bond acceptors (Lipinski definition) is 2. The zero-order valence-electron chi connectivity index (χ0n) is 10.1. The third kappa shape index (κ3) is 1.60. The standard InChI is InChI=1S/C14H17NO/c1-10-7-12(3)13(8-11(10)2)14(15-9-16)5-4-6-14/h7-8H,4-6H2,1-3H3. The van der Waals surface area contributed by atoms with Gasteiger partial charge in [-0.15, -0.1) is 0 Å². The maximum atomic E-state index is 10.6. The van der Waals surface area contributed by atoms with E-state index in [4.69, 9.17) is 0 Å².